The molecule has 104 valence electrons. The molecule has 0 spiro atoms. The molecule has 0 aliphatic heterocycles. The average molecular weight is 283 g/mol. The first-order valence-corrected chi connectivity index (χ1v) is 7.60. The standard InChI is InChI=1S/C13H18NO4P/c1-3-16-19(15,17-4-2)18-13(11-14)10-12-8-6-5-7-9-12/h5-9,13H,3-4,10H2,1-2H3. The quantitative estimate of drug-likeness (QED) is 0.684. The van der Waals surface area contributed by atoms with Crippen molar-refractivity contribution in [3.63, 3.8) is 0 Å². The van der Waals surface area contributed by atoms with Crippen molar-refractivity contribution in [1.29, 1.82) is 5.26 Å². The third-order valence-electron chi connectivity index (χ3n) is 2.24. The fourth-order valence-electron chi connectivity index (χ4n) is 1.50. The summed E-state index contributed by atoms with van der Waals surface area (Å²) in [5.74, 6) is 0. The van der Waals surface area contributed by atoms with E-state index in [1.807, 2.05) is 36.4 Å². The summed E-state index contributed by atoms with van der Waals surface area (Å²) in [6, 6.07) is 11.3. The Kier molecular flexibility index (Phi) is 6.75. The van der Waals surface area contributed by atoms with E-state index in [0.29, 0.717) is 6.42 Å². The van der Waals surface area contributed by atoms with Gasteiger partial charge in [0.2, 0.25) is 0 Å². The SMILES string of the molecule is CCOP(=O)(OCC)OC(C#N)Cc1ccccc1. The molecule has 0 saturated carbocycles. The fourth-order valence-corrected chi connectivity index (χ4v) is 2.77. The van der Waals surface area contributed by atoms with E-state index in [-0.39, 0.29) is 13.2 Å². The Morgan fingerprint density at radius 1 is 1.21 bits per heavy atom. The Bertz CT molecular complexity index is 447. The summed E-state index contributed by atoms with van der Waals surface area (Å²) in [5, 5.41) is 9.08. The molecule has 0 fully saturated rings. The number of nitriles is 1. The van der Waals surface area contributed by atoms with Gasteiger partial charge in [-0.3, -0.25) is 13.6 Å². The minimum Gasteiger partial charge on any atom is -0.287 e. The van der Waals surface area contributed by atoms with Crippen molar-refractivity contribution in [3.8, 4) is 6.07 Å². The van der Waals surface area contributed by atoms with Gasteiger partial charge in [0, 0.05) is 6.42 Å². The molecule has 1 atom stereocenters. The highest BCUT2D eigenvalue weighted by atomic mass is 31.2. The Morgan fingerprint density at radius 3 is 2.26 bits per heavy atom. The molecule has 1 rings (SSSR count). The summed E-state index contributed by atoms with van der Waals surface area (Å²) >= 11 is 0. The maximum Gasteiger partial charge on any atom is 0.476 e. The maximum absolute atomic E-state index is 12.2. The van der Waals surface area contributed by atoms with Gasteiger partial charge in [-0.1, -0.05) is 30.3 Å². The maximum atomic E-state index is 12.2. The van der Waals surface area contributed by atoms with E-state index in [4.69, 9.17) is 18.8 Å². The Labute approximate surface area is 113 Å². The Morgan fingerprint density at radius 2 is 1.79 bits per heavy atom. The van der Waals surface area contributed by atoms with Crippen LogP contribution in [0.15, 0.2) is 30.3 Å². The smallest absolute Gasteiger partial charge is 0.287 e. The van der Waals surface area contributed by atoms with Gasteiger partial charge in [0.1, 0.15) is 0 Å². The van der Waals surface area contributed by atoms with Crippen LogP contribution in [-0.2, 0) is 24.6 Å². The predicted octanol–water partition coefficient (Wildman–Crippen LogP) is 3.32. The zero-order valence-corrected chi connectivity index (χ0v) is 12.0. The second-order valence-electron chi connectivity index (χ2n) is 3.70. The van der Waals surface area contributed by atoms with E-state index in [9.17, 15) is 4.57 Å². The monoisotopic (exact) mass is 283 g/mol. The molecule has 0 heterocycles. The van der Waals surface area contributed by atoms with Crippen molar-refractivity contribution >= 4 is 7.82 Å². The minimum absolute atomic E-state index is 0.195. The van der Waals surface area contributed by atoms with Crippen LogP contribution in [0.5, 0.6) is 0 Å². The molecule has 1 aromatic carbocycles. The van der Waals surface area contributed by atoms with Gasteiger partial charge in [0.15, 0.2) is 6.10 Å². The van der Waals surface area contributed by atoms with Crippen LogP contribution in [0.1, 0.15) is 19.4 Å². The van der Waals surface area contributed by atoms with Crippen molar-refractivity contribution in [2.45, 2.75) is 26.4 Å². The Hall–Kier alpha value is -1.18. The molecule has 19 heavy (non-hydrogen) atoms. The molecule has 0 radical (unpaired) electrons. The predicted molar refractivity (Wildman–Crippen MR) is 71.5 cm³/mol. The van der Waals surface area contributed by atoms with E-state index >= 15 is 0 Å². The molecule has 1 unspecified atom stereocenters. The second-order valence-corrected chi connectivity index (χ2v) is 5.32. The number of hydrogen-bond donors (Lipinski definition) is 0. The molecule has 0 aliphatic rings. The Balaban J connectivity index is 2.70. The van der Waals surface area contributed by atoms with Crippen molar-refractivity contribution in [2.75, 3.05) is 13.2 Å². The number of benzene rings is 1. The second kappa shape index (κ2) is 8.08. The first-order valence-electron chi connectivity index (χ1n) is 6.14. The highest BCUT2D eigenvalue weighted by molar-refractivity contribution is 7.48. The molecule has 0 bridgehead atoms. The van der Waals surface area contributed by atoms with Gasteiger partial charge in [-0.25, -0.2) is 4.57 Å². The van der Waals surface area contributed by atoms with Gasteiger partial charge < -0.3 is 0 Å². The van der Waals surface area contributed by atoms with Crippen LogP contribution >= 0.6 is 7.82 Å². The van der Waals surface area contributed by atoms with Gasteiger partial charge in [0.25, 0.3) is 0 Å². The van der Waals surface area contributed by atoms with E-state index < -0.39 is 13.9 Å². The highest BCUT2D eigenvalue weighted by Gasteiger charge is 2.30. The van der Waals surface area contributed by atoms with E-state index in [0.717, 1.165) is 5.56 Å². The van der Waals surface area contributed by atoms with Crippen molar-refractivity contribution < 1.29 is 18.1 Å². The fraction of sp³-hybridized carbons (Fsp3) is 0.462. The summed E-state index contributed by atoms with van der Waals surface area (Å²) in [7, 11) is -3.65. The van der Waals surface area contributed by atoms with Crippen molar-refractivity contribution in [1.82, 2.24) is 0 Å². The first kappa shape index (κ1) is 15.9. The van der Waals surface area contributed by atoms with Gasteiger partial charge in [0.05, 0.1) is 19.3 Å². The molecular weight excluding hydrogens is 265 g/mol. The number of rotatable bonds is 8. The number of hydrogen-bond acceptors (Lipinski definition) is 5. The van der Waals surface area contributed by atoms with E-state index in [1.165, 1.54) is 0 Å². The lowest BCUT2D eigenvalue weighted by Gasteiger charge is -2.19. The molecule has 0 N–H and O–H groups in total. The van der Waals surface area contributed by atoms with E-state index in [1.54, 1.807) is 13.8 Å². The van der Waals surface area contributed by atoms with Crippen LogP contribution in [0.25, 0.3) is 0 Å². The molecule has 6 heteroatoms. The van der Waals surface area contributed by atoms with Crippen LogP contribution < -0.4 is 0 Å². The summed E-state index contributed by atoms with van der Waals surface area (Å²) in [4.78, 5) is 0. The number of phosphoric ester groups is 1. The van der Waals surface area contributed by atoms with Crippen molar-refractivity contribution in [2.24, 2.45) is 0 Å². The van der Waals surface area contributed by atoms with Gasteiger partial charge in [-0.15, -0.1) is 0 Å². The van der Waals surface area contributed by atoms with Gasteiger partial charge >= 0.3 is 7.82 Å². The lowest BCUT2D eigenvalue weighted by atomic mass is 10.1. The summed E-state index contributed by atoms with van der Waals surface area (Å²) in [5.41, 5.74) is 0.925. The minimum atomic E-state index is -3.65. The summed E-state index contributed by atoms with van der Waals surface area (Å²) < 4.78 is 27.4. The number of phosphoric acid groups is 1. The van der Waals surface area contributed by atoms with Crippen LogP contribution in [0.4, 0.5) is 0 Å². The molecule has 0 aliphatic carbocycles. The normalized spacial score (nSPS) is 12.9. The zero-order valence-electron chi connectivity index (χ0n) is 11.1. The third-order valence-corrected chi connectivity index (χ3v) is 3.90. The number of nitrogens with zero attached hydrogens (tertiary/aromatic N) is 1. The summed E-state index contributed by atoms with van der Waals surface area (Å²) in [6.07, 6.45) is -0.534. The summed E-state index contributed by atoms with van der Waals surface area (Å²) in [6.45, 7) is 3.77. The topological polar surface area (TPSA) is 68.6 Å². The van der Waals surface area contributed by atoms with Gasteiger partial charge in [-0.2, -0.15) is 5.26 Å². The highest BCUT2D eigenvalue weighted by Crippen LogP contribution is 2.50. The van der Waals surface area contributed by atoms with E-state index in [2.05, 4.69) is 0 Å². The van der Waals surface area contributed by atoms with Crippen LogP contribution in [0, 0.1) is 11.3 Å². The third kappa shape index (κ3) is 5.54. The van der Waals surface area contributed by atoms with Crippen LogP contribution in [0.3, 0.4) is 0 Å². The lowest BCUT2D eigenvalue weighted by Crippen LogP contribution is -2.14. The molecule has 0 amide bonds. The van der Waals surface area contributed by atoms with Crippen LogP contribution in [0.2, 0.25) is 0 Å². The van der Waals surface area contributed by atoms with Crippen LogP contribution in [-0.4, -0.2) is 19.3 Å². The molecule has 0 saturated heterocycles. The largest absolute Gasteiger partial charge is 0.476 e. The first-order chi connectivity index (χ1) is 9.13. The molecule has 5 nitrogen and oxygen atoms in total. The zero-order chi connectivity index (χ0) is 14.1. The van der Waals surface area contributed by atoms with Gasteiger partial charge in [-0.05, 0) is 19.4 Å². The average Bonchev–Trinajstić information content (AvgIpc) is 2.39. The molecular formula is C13H18NO4P. The molecule has 1 aromatic rings. The lowest BCUT2D eigenvalue weighted by molar-refractivity contribution is 0.103. The molecule has 0 aromatic heterocycles. The van der Waals surface area contributed by atoms with Crippen molar-refractivity contribution in [3.05, 3.63) is 35.9 Å².